The molecule has 0 aromatic rings. The van der Waals surface area contributed by atoms with Crippen LogP contribution in [0.15, 0.2) is 0 Å². The third-order valence-corrected chi connectivity index (χ3v) is 1.08. The number of esters is 1. The van der Waals surface area contributed by atoms with Gasteiger partial charge in [0.05, 0.1) is 6.61 Å². The average molecular weight is 191 g/mol. The molecule has 0 heterocycles. The Balaban J connectivity index is 3.83. The normalized spacial score (nSPS) is 11.8. The molecule has 0 aliphatic rings. The minimum atomic E-state index is -1.69. The molecule has 0 spiro atoms. The van der Waals surface area contributed by atoms with Gasteiger partial charge < -0.3 is 20.7 Å². The van der Waals surface area contributed by atoms with E-state index in [1.54, 1.807) is 0 Å². The molecular formula is C6H9NO6. The van der Waals surface area contributed by atoms with E-state index in [9.17, 15) is 14.4 Å². The van der Waals surface area contributed by atoms with Crippen molar-refractivity contribution in [3.63, 3.8) is 0 Å². The standard InChI is InChI=1S/C6H9NO6/c7-3(1-8)6(12)13-2-4(9)5(10)11/h3,8H,1-2,7H2,(H,10,11)/t3-/m0/s1. The first-order valence-electron chi connectivity index (χ1n) is 3.28. The smallest absolute Gasteiger partial charge is 0.375 e. The molecular weight excluding hydrogens is 182 g/mol. The van der Waals surface area contributed by atoms with Gasteiger partial charge in [-0.2, -0.15) is 0 Å². The highest BCUT2D eigenvalue weighted by molar-refractivity contribution is 6.33. The third kappa shape index (κ3) is 4.19. The minimum Gasteiger partial charge on any atom is -0.475 e. The van der Waals surface area contributed by atoms with Crippen LogP contribution in [-0.2, 0) is 19.1 Å². The maximum absolute atomic E-state index is 10.6. The second-order valence-corrected chi connectivity index (χ2v) is 2.13. The molecule has 7 heteroatoms. The van der Waals surface area contributed by atoms with E-state index >= 15 is 0 Å². The first-order valence-corrected chi connectivity index (χ1v) is 3.28. The Morgan fingerprint density at radius 2 is 1.92 bits per heavy atom. The molecule has 1 atom stereocenters. The van der Waals surface area contributed by atoms with E-state index in [1.165, 1.54) is 0 Å². The lowest BCUT2D eigenvalue weighted by atomic mass is 10.3. The number of carbonyl (C=O) groups is 3. The van der Waals surface area contributed by atoms with Crippen LogP contribution in [0.4, 0.5) is 0 Å². The summed E-state index contributed by atoms with van der Waals surface area (Å²) in [4.78, 5) is 31.0. The number of ketones is 1. The highest BCUT2D eigenvalue weighted by atomic mass is 16.5. The summed E-state index contributed by atoms with van der Waals surface area (Å²) < 4.78 is 4.16. The quantitative estimate of drug-likeness (QED) is 0.324. The summed E-state index contributed by atoms with van der Waals surface area (Å²) in [6.07, 6.45) is 0. The van der Waals surface area contributed by atoms with Gasteiger partial charge >= 0.3 is 11.9 Å². The molecule has 13 heavy (non-hydrogen) atoms. The van der Waals surface area contributed by atoms with Crippen LogP contribution in [0.25, 0.3) is 0 Å². The molecule has 0 aliphatic carbocycles. The predicted molar refractivity (Wildman–Crippen MR) is 38.7 cm³/mol. The molecule has 4 N–H and O–H groups in total. The maximum atomic E-state index is 10.6. The van der Waals surface area contributed by atoms with Crippen LogP contribution in [0.2, 0.25) is 0 Å². The number of carboxylic acid groups (broad SMARTS) is 1. The van der Waals surface area contributed by atoms with Crippen LogP contribution < -0.4 is 5.73 Å². The topological polar surface area (TPSA) is 127 Å². The van der Waals surface area contributed by atoms with E-state index in [-0.39, 0.29) is 0 Å². The van der Waals surface area contributed by atoms with Gasteiger partial charge in [0, 0.05) is 0 Å². The Morgan fingerprint density at radius 3 is 2.31 bits per heavy atom. The summed E-state index contributed by atoms with van der Waals surface area (Å²) >= 11 is 0. The number of aliphatic carboxylic acids is 1. The van der Waals surface area contributed by atoms with Crippen LogP contribution in [0.3, 0.4) is 0 Å². The fourth-order valence-corrected chi connectivity index (χ4v) is 0.380. The summed E-state index contributed by atoms with van der Waals surface area (Å²) in [6, 6.07) is -1.25. The van der Waals surface area contributed by atoms with Crippen molar-refractivity contribution in [2.45, 2.75) is 6.04 Å². The van der Waals surface area contributed by atoms with Crippen LogP contribution in [0.5, 0.6) is 0 Å². The van der Waals surface area contributed by atoms with Crippen molar-refractivity contribution in [3.05, 3.63) is 0 Å². The summed E-state index contributed by atoms with van der Waals surface area (Å²) in [6.45, 7) is -1.50. The van der Waals surface area contributed by atoms with Crippen molar-refractivity contribution in [1.82, 2.24) is 0 Å². The summed E-state index contributed by atoms with van der Waals surface area (Å²) in [5, 5.41) is 16.4. The largest absolute Gasteiger partial charge is 0.475 e. The molecule has 0 amide bonds. The first kappa shape index (κ1) is 11.5. The Kier molecular flexibility index (Phi) is 4.63. The van der Waals surface area contributed by atoms with Gasteiger partial charge in [0.25, 0.3) is 5.78 Å². The highest BCUT2D eigenvalue weighted by Crippen LogP contribution is 1.85. The molecule has 0 saturated carbocycles. The fourth-order valence-electron chi connectivity index (χ4n) is 0.380. The van der Waals surface area contributed by atoms with Gasteiger partial charge in [-0.3, -0.25) is 9.59 Å². The van der Waals surface area contributed by atoms with Gasteiger partial charge in [0.15, 0.2) is 6.61 Å². The van der Waals surface area contributed by atoms with E-state index in [0.29, 0.717) is 0 Å². The zero-order chi connectivity index (χ0) is 10.4. The van der Waals surface area contributed by atoms with E-state index < -0.39 is 37.0 Å². The lowest BCUT2D eigenvalue weighted by Crippen LogP contribution is -2.37. The Labute approximate surface area is 73.1 Å². The first-order chi connectivity index (χ1) is 5.99. The van der Waals surface area contributed by atoms with Gasteiger partial charge in [-0.15, -0.1) is 0 Å². The third-order valence-electron chi connectivity index (χ3n) is 1.08. The summed E-state index contributed by atoms with van der Waals surface area (Å²) in [5.41, 5.74) is 5.00. The SMILES string of the molecule is N[C@@H](CO)C(=O)OCC(=O)C(=O)O. The highest BCUT2D eigenvalue weighted by Gasteiger charge is 2.18. The number of hydrogen-bond acceptors (Lipinski definition) is 6. The van der Waals surface area contributed by atoms with Crippen molar-refractivity contribution in [1.29, 1.82) is 0 Å². The molecule has 0 unspecified atom stereocenters. The van der Waals surface area contributed by atoms with Crippen molar-refractivity contribution in [3.8, 4) is 0 Å². The van der Waals surface area contributed by atoms with Crippen LogP contribution in [0, 0.1) is 0 Å². The molecule has 0 aromatic heterocycles. The second-order valence-electron chi connectivity index (χ2n) is 2.13. The molecule has 0 aliphatic heterocycles. The maximum Gasteiger partial charge on any atom is 0.375 e. The van der Waals surface area contributed by atoms with E-state index in [2.05, 4.69) is 4.74 Å². The second kappa shape index (κ2) is 5.22. The van der Waals surface area contributed by atoms with Gasteiger partial charge in [0.1, 0.15) is 6.04 Å². The average Bonchev–Trinajstić information content (AvgIpc) is 2.11. The molecule has 0 fully saturated rings. The molecule has 0 radical (unpaired) electrons. The number of aliphatic hydroxyl groups is 1. The van der Waals surface area contributed by atoms with Crippen molar-refractivity contribution in [2.24, 2.45) is 5.73 Å². The van der Waals surface area contributed by atoms with Gasteiger partial charge in [-0.1, -0.05) is 0 Å². The number of nitrogens with two attached hydrogens (primary N) is 1. The predicted octanol–water partition coefficient (Wildman–Crippen LogP) is -2.50. The lowest BCUT2D eigenvalue weighted by molar-refractivity contribution is -0.156. The molecule has 0 bridgehead atoms. The molecule has 74 valence electrons. The molecule has 0 rings (SSSR count). The Hall–Kier alpha value is -1.47. The summed E-state index contributed by atoms with van der Waals surface area (Å²) in [7, 11) is 0. The Morgan fingerprint density at radius 1 is 1.38 bits per heavy atom. The fraction of sp³-hybridized carbons (Fsp3) is 0.500. The van der Waals surface area contributed by atoms with Gasteiger partial charge in [-0.05, 0) is 0 Å². The number of aliphatic hydroxyl groups excluding tert-OH is 1. The van der Waals surface area contributed by atoms with E-state index in [0.717, 1.165) is 0 Å². The zero-order valence-electron chi connectivity index (χ0n) is 6.60. The van der Waals surface area contributed by atoms with Crippen LogP contribution in [-0.4, -0.2) is 47.2 Å². The minimum absolute atomic E-state index is 0.625. The van der Waals surface area contributed by atoms with Crippen molar-refractivity contribution < 1.29 is 29.3 Å². The number of hydrogen-bond donors (Lipinski definition) is 3. The number of Topliss-reactive ketones (excluding diaryl/α,β-unsaturated/α-hetero) is 1. The van der Waals surface area contributed by atoms with Crippen molar-refractivity contribution >= 4 is 17.7 Å². The Bertz CT molecular complexity index is 225. The lowest BCUT2D eigenvalue weighted by Gasteiger charge is -2.06. The van der Waals surface area contributed by atoms with E-state index in [1.807, 2.05) is 0 Å². The number of ether oxygens (including phenoxy) is 1. The summed E-state index contributed by atoms with van der Waals surface area (Å²) in [5.74, 6) is -3.96. The van der Waals surface area contributed by atoms with Gasteiger partial charge in [-0.25, -0.2) is 4.79 Å². The van der Waals surface area contributed by atoms with Gasteiger partial charge in [0.2, 0.25) is 0 Å². The molecule has 7 nitrogen and oxygen atoms in total. The van der Waals surface area contributed by atoms with Crippen LogP contribution >= 0.6 is 0 Å². The number of carboxylic acids is 1. The zero-order valence-corrected chi connectivity index (χ0v) is 6.60. The molecule has 0 saturated heterocycles. The number of rotatable bonds is 5. The van der Waals surface area contributed by atoms with Crippen molar-refractivity contribution in [2.75, 3.05) is 13.2 Å². The molecule has 0 aromatic carbocycles. The van der Waals surface area contributed by atoms with Crippen LogP contribution in [0.1, 0.15) is 0 Å². The monoisotopic (exact) mass is 191 g/mol. The number of carbonyl (C=O) groups excluding carboxylic acids is 2. The van der Waals surface area contributed by atoms with E-state index in [4.69, 9.17) is 15.9 Å².